The summed E-state index contributed by atoms with van der Waals surface area (Å²) >= 11 is 2.28. The highest BCUT2D eigenvalue weighted by Crippen LogP contribution is 2.41. The fourth-order valence-electron chi connectivity index (χ4n) is 5.98. The number of rotatable bonds is 15. The molecule has 0 aromatic heterocycles. The van der Waals surface area contributed by atoms with E-state index < -0.39 is 164 Å². The van der Waals surface area contributed by atoms with Crippen molar-refractivity contribution in [3.63, 3.8) is 0 Å². The predicted molar refractivity (Wildman–Crippen MR) is 279 cm³/mol. The Morgan fingerprint density at radius 3 is 0.689 bits per heavy atom. The molecule has 0 unspecified atom stereocenters. The quantitative estimate of drug-likeness (QED) is 0.0847. The van der Waals surface area contributed by atoms with Crippen molar-refractivity contribution < 1.29 is 85.7 Å². The molecule has 20 heteroatoms. The Bertz CT molecular complexity index is 1850. The van der Waals surface area contributed by atoms with Crippen molar-refractivity contribution in [3.8, 4) is 0 Å². The monoisotopic (exact) mass is 1090 g/mol. The molecule has 0 aliphatic carbocycles. The summed E-state index contributed by atoms with van der Waals surface area (Å²) in [5.41, 5.74) is -10.6. The molecular weight excluding hydrogens is 1000 g/mol. The van der Waals surface area contributed by atoms with Gasteiger partial charge in [0.05, 0.1) is 43.3 Å². The van der Waals surface area contributed by atoms with Crippen LogP contribution in [0.3, 0.4) is 0 Å². The van der Waals surface area contributed by atoms with Gasteiger partial charge in [-0.2, -0.15) is 0 Å². The van der Waals surface area contributed by atoms with Crippen LogP contribution >= 0.6 is 23.5 Å². The molecule has 10 atom stereocenters. The molecule has 2 aliphatic heterocycles. The fraction of sp³-hybridized carbons (Fsp3) is 0.852. The highest BCUT2D eigenvalue weighted by atomic mass is 32.2. The van der Waals surface area contributed by atoms with Crippen molar-refractivity contribution in [2.45, 2.75) is 226 Å². The highest BCUT2D eigenvalue weighted by molar-refractivity contribution is 8.03. The third kappa shape index (κ3) is 19.7. The van der Waals surface area contributed by atoms with Gasteiger partial charge in [0.2, 0.25) is 0 Å². The SMILES string of the molecule is CC(C)(C)C(=O)OC[C@H]1O[C@H](SCCS[C@H]2O[C@H](COC(=O)C(C)(C)C)[C@@H](OC(=O)C(C)(C)C)[C@H](OC(=O)C(C)(C)C)[C@@H]2OC(=O)C(C)(C)C)[C@@H](OC(=O)C(C)(C)C)[C@@H](OC(=O)C(C)(C)C)[C@@H]1OC(=O)C(C)(C)C. The van der Waals surface area contributed by atoms with E-state index in [1.54, 1.807) is 166 Å². The van der Waals surface area contributed by atoms with Crippen LogP contribution in [0.25, 0.3) is 0 Å². The Kier molecular flexibility index (Phi) is 22.3. The second-order valence-electron chi connectivity index (χ2n) is 27.2. The number of hydrogen-bond acceptors (Lipinski definition) is 20. The number of hydrogen-bond donors (Lipinski definition) is 0. The van der Waals surface area contributed by atoms with Crippen molar-refractivity contribution in [1.29, 1.82) is 0 Å². The molecule has 2 saturated heterocycles. The average molecular weight is 1090 g/mol. The summed E-state index contributed by atoms with van der Waals surface area (Å²) < 4.78 is 61.9. The minimum Gasteiger partial charge on any atom is -0.462 e. The minimum atomic E-state index is -1.47. The van der Waals surface area contributed by atoms with Crippen molar-refractivity contribution in [2.75, 3.05) is 24.7 Å². The zero-order chi connectivity index (χ0) is 57.7. The number of thioether (sulfide) groups is 2. The maximum Gasteiger partial charge on any atom is 0.311 e. The molecule has 426 valence electrons. The van der Waals surface area contributed by atoms with Crippen molar-refractivity contribution in [3.05, 3.63) is 0 Å². The number of ether oxygens (including phenoxy) is 10. The van der Waals surface area contributed by atoms with Crippen LogP contribution in [0.4, 0.5) is 0 Å². The summed E-state index contributed by atoms with van der Waals surface area (Å²) in [4.78, 5) is 109. The second kappa shape index (κ2) is 24.8. The van der Waals surface area contributed by atoms with Crippen LogP contribution in [0.1, 0.15) is 166 Å². The summed E-state index contributed by atoms with van der Waals surface area (Å²) in [7, 11) is 0. The first kappa shape index (κ1) is 66.5. The van der Waals surface area contributed by atoms with Gasteiger partial charge in [-0.05, 0) is 166 Å². The van der Waals surface area contributed by atoms with Crippen LogP contribution in [0, 0.1) is 43.3 Å². The average Bonchev–Trinajstić information content (AvgIpc) is 3.20. The van der Waals surface area contributed by atoms with E-state index in [0.717, 1.165) is 23.5 Å². The molecule has 0 N–H and O–H groups in total. The molecule has 74 heavy (non-hydrogen) atoms. The normalized spacial score (nSPS) is 25.4. The summed E-state index contributed by atoms with van der Waals surface area (Å²) in [6, 6.07) is 0. The molecular formula is C54H90O18S2. The van der Waals surface area contributed by atoms with Gasteiger partial charge in [-0.25, -0.2) is 0 Å². The fourth-order valence-corrected chi connectivity index (χ4v) is 8.45. The Labute approximate surface area is 449 Å². The number of carbonyl (C=O) groups is 8. The van der Waals surface area contributed by atoms with Gasteiger partial charge in [0.1, 0.15) is 36.3 Å². The van der Waals surface area contributed by atoms with Gasteiger partial charge in [-0.15, -0.1) is 23.5 Å². The maximum absolute atomic E-state index is 13.9. The Hall–Kier alpha value is -3.62. The van der Waals surface area contributed by atoms with Gasteiger partial charge in [0.25, 0.3) is 0 Å². The van der Waals surface area contributed by atoms with Gasteiger partial charge in [-0.3, -0.25) is 38.4 Å². The lowest BCUT2D eigenvalue weighted by atomic mass is 9.93. The van der Waals surface area contributed by atoms with E-state index in [1.165, 1.54) is 0 Å². The van der Waals surface area contributed by atoms with E-state index in [0.29, 0.717) is 0 Å². The van der Waals surface area contributed by atoms with E-state index in [2.05, 4.69) is 0 Å². The zero-order valence-corrected chi connectivity index (χ0v) is 50.4. The summed E-state index contributed by atoms with van der Waals surface area (Å²) in [6.45, 7) is 38.6. The van der Waals surface area contributed by atoms with E-state index in [4.69, 9.17) is 47.4 Å². The lowest BCUT2D eigenvalue weighted by Crippen LogP contribution is -2.63. The van der Waals surface area contributed by atoms with Crippen LogP contribution in [-0.2, 0) is 85.7 Å². The summed E-state index contributed by atoms with van der Waals surface area (Å²) in [5.74, 6) is -5.04. The standard InChI is InChI=1S/C54H90O18S2/c1-47(2,3)39(55)63-27-29-31(67-41(57)49(7,8)9)33(69-43(59)51(13,14)15)35(71-45(61)53(19,20)21)37(65-29)73-25-26-74-38-36(72-46(62)54(22,23)24)34(70-44(60)52(16,17)18)32(68-42(58)50(10,11)12)30(66-38)28-64-40(56)48(4,5)6/h29-38H,25-28H2,1-24H3/t29-,30-,31-,32-,33+,34+,35+,36+,37-,38-/m1/s1. The van der Waals surface area contributed by atoms with Crippen LogP contribution in [0.2, 0.25) is 0 Å². The van der Waals surface area contributed by atoms with Crippen molar-refractivity contribution >= 4 is 71.3 Å². The third-order valence-corrected chi connectivity index (χ3v) is 13.5. The predicted octanol–water partition coefficient (Wildman–Crippen LogP) is 8.83. The molecule has 2 rings (SSSR count). The van der Waals surface area contributed by atoms with Crippen LogP contribution in [0.15, 0.2) is 0 Å². The van der Waals surface area contributed by atoms with Gasteiger partial charge in [0.15, 0.2) is 36.6 Å². The first-order chi connectivity index (χ1) is 33.1. The van der Waals surface area contributed by atoms with E-state index in [9.17, 15) is 38.4 Å². The highest BCUT2D eigenvalue weighted by Gasteiger charge is 2.57. The van der Waals surface area contributed by atoms with Gasteiger partial charge in [-0.1, -0.05) is 0 Å². The molecule has 18 nitrogen and oxygen atoms in total. The second-order valence-corrected chi connectivity index (χ2v) is 29.7. The third-order valence-electron chi connectivity index (χ3n) is 10.9. The number of carbonyl (C=O) groups excluding carboxylic acids is 8. The molecule has 0 saturated carbocycles. The molecule has 0 aromatic carbocycles. The largest absolute Gasteiger partial charge is 0.462 e. The minimum absolute atomic E-state index is 0.151. The van der Waals surface area contributed by atoms with Crippen molar-refractivity contribution in [2.24, 2.45) is 43.3 Å². The van der Waals surface area contributed by atoms with E-state index in [1.807, 2.05) is 0 Å². The molecule has 0 aromatic rings. The molecule has 2 heterocycles. The summed E-state index contributed by atoms with van der Waals surface area (Å²) in [6.07, 6.45) is -11.1. The summed E-state index contributed by atoms with van der Waals surface area (Å²) in [5, 5.41) is 0. The molecule has 2 aliphatic rings. The first-order valence-electron chi connectivity index (χ1n) is 25.2. The molecule has 2 fully saturated rings. The maximum atomic E-state index is 13.9. The van der Waals surface area contributed by atoms with Gasteiger partial charge in [0, 0.05) is 11.5 Å². The van der Waals surface area contributed by atoms with Crippen molar-refractivity contribution in [1.82, 2.24) is 0 Å². The smallest absolute Gasteiger partial charge is 0.311 e. The first-order valence-corrected chi connectivity index (χ1v) is 27.3. The lowest BCUT2D eigenvalue weighted by Gasteiger charge is -2.46. The van der Waals surface area contributed by atoms with Crippen LogP contribution in [0.5, 0.6) is 0 Å². The Balaban J connectivity index is 2.85. The van der Waals surface area contributed by atoms with E-state index in [-0.39, 0.29) is 11.5 Å². The lowest BCUT2D eigenvalue weighted by molar-refractivity contribution is -0.246. The van der Waals surface area contributed by atoms with Gasteiger partial charge < -0.3 is 47.4 Å². The Morgan fingerprint density at radius 2 is 0.486 bits per heavy atom. The van der Waals surface area contributed by atoms with E-state index >= 15 is 0 Å². The molecule has 0 radical (unpaired) electrons. The molecule has 0 amide bonds. The zero-order valence-electron chi connectivity index (χ0n) is 48.8. The van der Waals surface area contributed by atoms with Crippen LogP contribution in [-0.4, -0.2) is 132 Å². The molecule has 0 spiro atoms. The number of esters is 8. The topological polar surface area (TPSA) is 229 Å². The Morgan fingerprint density at radius 1 is 0.297 bits per heavy atom. The molecule has 0 bridgehead atoms. The van der Waals surface area contributed by atoms with Gasteiger partial charge >= 0.3 is 47.8 Å². The van der Waals surface area contributed by atoms with Crippen LogP contribution < -0.4 is 0 Å².